The predicted molar refractivity (Wildman–Crippen MR) is 67.6 cm³/mol. The van der Waals surface area contributed by atoms with E-state index in [0.717, 1.165) is 37.6 Å². The Hall–Kier alpha value is -0.0800. The van der Waals surface area contributed by atoms with Crippen LogP contribution in [-0.2, 0) is 4.74 Å². The number of rotatable bonds is 5. The highest BCUT2D eigenvalue weighted by molar-refractivity contribution is 4.82. The molecule has 2 heteroatoms. The SMILES string of the molecule is CCNC(CC1CCOC1)C1CCCCC1. The molecule has 0 aromatic heterocycles. The van der Waals surface area contributed by atoms with Crippen molar-refractivity contribution in [2.24, 2.45) is 11.8 Å². The Morgan fingerprint density at radius 3 is 2.62 bits per heavy atom. The second-order valence-electron chi connectivity index (χ2n) is 5.53. The summed E-state index contributed by atoms with van der Waals surface area (Å²) in [6.45, 7) is 5.36. The van der Waals surface area contributed by atoms with Crippen LogP contribution < -0.4 is 5.32 Å². The Labute approximate surface area is 100 Å². The van der Waals surface area contributed by atoms with Crippen LogP contribution in [0.25, 0.3) is 0 Å². The molecule has 2 atom stereocenters. The minimum absolute atomic E-state index is 0.761. The van der Waals surface area contributed by atoms with Gasteiger partial charge in [-0.25, -0.2) is 0 Å². The van der Waals surface area contributed by atoms with Gasteiger partial charge in [-0.2, -0.15) is 0 Å². The highest BCUT2D eigenvalue weighted by Crippen LogP contribution is 2.30. The van der Waals surface area contributed by atoms with Crippen molar-refractivity contribution in [2.45, 2.75) is 57.9 Å². The Bertz CT molecular complexity index is 183. The topological polar surface area (TPSA) is 21.3 Å². The maximum atomic E-state index is 5.50. The quantitative estimate of drug-likeness (QED) is 0.776. The van der Waals surface area contributed by atoms with Gasteiger partial charge in [0.15, 0.2) is 0 Å². The van der Waals surface area contributed by atoms with Crippen LogP contribution in [0.3, 0.4) is 0 Å². The molecule has 0 radical (unpaired) electrons. The molecule has 2 rings (SSSR count). The van der Waals surface area contributed by atoms with Crippen LogP contribution in [0.15, 0.2) is 0 Å². The zero-order chi connectivity index (χ0) is 11.2. The van der Waals surface area contributed by atoms with E-state index in [1.165, 1.54) is 44.9 Å². The van der Waals surface area contributed by atoms with Crippen molar-refractivity contribution >= 4 is 0 Å². The van der Waals surface area contributed by atoms with Gasteiger partial charge < -0.3 is 10.1 Å². The Kier molecular flexibility index (Phi) is 5.11. The van der Waals surface area contributed by atoms with Crippen molar-refractivity contribution in [1.82, 2.24) is 5.32 Å². The molecule has 1 heterocycles. The molecule has 1 aliphatic heterocycles. The molecule has 2 aliphatic rings. The standard InChI is InChI=1S/C14H27NO/c1-2-15-14(10-12-8-9-16-11-12)13-6-4-3-5-7-13/h12-15H,2-11H2,1H3. The van der Waals surface area contributed by atoms with Crippen molar-refractivity contribution in [3.8, 4) is 0 Å². The van der Waals surface area contributed by atoms with Gasteiger partial charge in [-0.15, -0.1) is 0 Å². The number of hydrogen-bond acceptors (Lipinski definition) is 2. The van der Waals surface area contributed by atoms with Crippen molar-refractivity contribution in [1.29, 1.82) is 0 Å². The average molecular weight is 225 g/mol. The van der Waals surface area contributed by atoms with Crippen molar-refractivity contribution in [3.05, 3.63) is 0 Å². The Morgan fingerprint density at radius 1 is 1.19 bits per heavy atom. The lowest BCUT2D eigenvalue weighted by molar-refractivity contribution is 0.173. The number of ether oxygens (including phenoxy) is 1. The van der Waals surface area contributed by atoms with E-state index in [-0.39, 0.29) is 0 Å². The normalized spacial score (nSPS) is 29.4. The van der Waals surface area contributed by atoms with Crippen LogP contribution in [0.2, 0.25) is 0 Å². The van der Waals surface area contributed by atoms with E-state index in [0.29, 0.717) is 0 Å². The molecule has 0 aromatic rings. The van der Waals surface area contributed by atoms with Gasteiger partial charge in [0.05, 0.1) is 0 Å². The van der Waals surface area contributed by atoms with Crippen LogP contribution in [0.5, 0.6) is 0 Å². The highest BCUT2D eigenvalue weighted by atomic mass is 16.5. The minimum Gasteiger partial charge on any atom is -0.381 e. The Balaban J connectivity index is 1.82. The van der Waals surface area contributed by atoms with Gasteiger partial charge in [0.25, 0.3) is 0 Å². The largest absolute Gasteiger partial charge is 0.381 e. The van der Waals surface area contributed by atoms with E-state index >= 15 is 0 Å². The Morgan fingerprint density at radius 2 is 2.00 bits per heavy atom. The third kappa shape index (κ3) is 3.46. The predicted octanol–water partition coefficient (Wildman–Crippen LogP) is 2.97. The molecule has 94 valence electrons. The van der Waals surface area contributed by atoms with Crippen LogP contribution in [0.4, 0.5) is 0 Å². The summed E-state index contributed by atoms with van der Waals surface area (Å²) in [7, 11) is 0. The first kappa shape index (κ1) is 12.4. The summed E-state index contributed by atoms with van der Waals surface area (Å²) in [6, 6.07) is 0.761. The second kappa shape index (κ2) is 6.61. The van der Waals surface area contributed by atoms with Gasteiger partial charge in [0.1, 0.15) is 0 Å². The van der Waals surface area contributed by atoms with Crippen molar-refractivity contribution in [2.75, 3.05) is 19.8 Å². The van der Waals surface area contributed by atoms with Crippen LogP contribution in [0.1, 0.15) is 51.9 Å². The van der Waals surface area contributed by atoms with E-state index < -0.39 is 0 Å². The molecule has 2 nitrogen and oxygen atoms in total. The molecule has 0 aromatic carbocycles. The molecular weight excluding hydrogens is 198 g/mol. The van der Waals surface area contributed by atoms with Crippen molar-refractivity contribution < 1.29 is 4.74 Å². The van der Waals surface area contributed by atoms with Crippen LogP contribution in [0, 0.1) is 11.8 Å². The number of nitrogens with one attached hydrogen (secondary N) is 1. The summed E-state index contributed by atoms with van der Waals surface area (Å²) in [5.41, 5.74) is 0. The minimum atomic E-state index is 0.761. The molecule has 0 amide bonds. The highest BCUT2D eigenvalue weighted by Gasteiger charge is 2.27. The van der Waals surface area contributed by atoms with Gasteiger partial charge >= 0.3 is 0 Å². The fourth-order valence-corrected chi connectivity index (χ4v) is 3.37. The molecular formula is C14H27NO. The zero-order valence-electron chi connectivity index (χ0n) is 10.7. The first-order valence-corrected chi connectivity index (χ1v) is 7.21. The van der Waals surface area contributed by atoms with Gasteiger partial charge in [-0.05, 0) is 44.1 Å². The third-order valence-electron chi connectivity index (χ3n) is 4.30. The molecule has 2 fully saturated rings. The maximum Gasteiger partial charge on any atom is 0.0495 e. The summed E-state index contributed by atoms with van der Waals surface area (Å²) in [5.74, 6) is 1.76. The molecule has 2 unspecified atom stereocenters. The van der Waals surface area contributed by atoms with E-state index in [4.69, 9.17) is 4.74 Å². The summed E-state index contributed by atoms with van der Waals surface area (Å²) in [5, 5.41) is 3.72. The van der Waals surface area contributed by atoms with E-state index in [2.05, 4.69) is 12.2 Å². The summed E-state index contributed by atoms with van der Waals surface area (Å²) in [6.07, 6.45) is 9.90. The molecule has 16 heavy (non-hydrogen) atoms. The van der Waals surface area contributed by atoms with Gasteiger partial charge in [0, 0.05) is 19.3 Å². The van der Waals surface area contributed by atoms with Crippen LogP contribution >= 0.6 is 0 Å². The molecule has 1 saturated heterocycles. The fraction of sp³-hybridized carbons (Fsp3) is 1.00. The maximum absolute atomic E-state index is 5.50. The van der Waals surface area contributed by atoms with Gasteiger partial charge in [-0.3, -0.25) is 0 Å². The summed E-state index contributed by atoms with van der Waals surface area (Å²) < 4.78 is 5.50. The molecule has 0 bridgehead atoms. The smallest absolute Gasteiger partial charge is 0.0495 e. The molecule has 1 N–H and O–H groups in total. The van der Waals surface area contributed by atoms with E-state index in [1.807, 2.05) is 0 Å². The van der Waals surface area contributed by atoms with E-state index in [9.17, 15) is 0 Å². The lowest BCUT2D eigenvalue weighted by Gasteiger charge is -2.32. The van der Waals surface area contributed by atoms with Crippen molar-refractivity contribution in [3.63, 3.8) is 0 Å². The summed E-state index contributed by atoms with van der Waals surface area (Å²) in [4.78, 5) is 0. The average Bonchev–Trinajstić information content (AvgIpc) is 2.83. The molecule has 1 aliphatic carbocycles. The first-order valence-electron chi connectivity index (χ1n) is 7.21. The van der Waals surface area contributed by atoms with Gasteiger partial charge in [-0.1, -0.05) is 26.2 Å². The molecule has 1 saturated carbocycles. The monoisotopic (exact) mass is 225 g/mol. The second-order valence-corrected chi connectivity index (χ2v) is 5.53. The lowest BCUT2D eigenvalue weighted by Crippen LogP contribution is -2.38. The lowest BCUT2D eigenvalue weighted by atomic mass is 9.80. The fourth-order valence-electron chi connectivity index (χ4n) is 3.37. The first-order chi connectivity index (χ1) is 7.90. The molecule has 0 spiro atoms. The van der Waals surface area contributed by atoms with Crippen LogP contribution in [-0.4, -0.2) is 25.8 Å². The third-order valence-corrected chi connectivity index (χ3v) is 4.30. The van der Waals surface area contributed by atoms with Gasteiger partial charge in [0.2, 0.25) is 0 Å². The number of hydrogen-bond donors (Lipinski definition) is 1. The zero-order valence-corrected chi connectivity index (χ0v) is 10.7. The van der Waals surface area contributed by atoms with E-state index in [1.54, 1.807) is 0 Å². The summed E-state index contributed by atoms with van der Waals surface area (Å²) >= 11 is 0.